The number of nitrogens with zero attached hydrogens (tertiary/aromatic N) is 2. The maximum absolute atomic E-state index is 13.2. The molecule has 0 aliphatic carbocycles. The Hall–Kier alpha value is -2.64. The number of carbonyl (C=O) groups is 1. The first-order valence-electron chi connectivity index (χ1n) is 10.6. The number of sulfonamides is 1. The third kappa shape index (κ3) is 4.25. The van der Waals surface area contributed by atoms with E-state index >= 15 is 0 Å². The lowest BCUT2D eigenvalue weighted by atomic mass is 9.97. The monoisotopic (exact) mass is 440 g/mol. The predicted molar refractivity (Wildman–Crippen MR) is 121 cm³/mol. The molecule has 164 valence electrons. The van der Waals surface area contributed by atoms with Gasteiger partial charge in [-0.2, -0.15) is 4.31 Å². The van der Waals surface area contributed by atoms with Crippen molar-refractivity contribution >= 4 is 27.2 Å². The number of hydrogen-bond donors (Lipinski definition) is 0. The zero-order valence-electron chi connectivity index (χ0n) is 18.1. The van der Waals surface area contributed by atoms with Crippen LogP contribution in [0.4, 0.5) is 0 Å². The molecular formula is C24H28N2O4S. The van der Waals surface area contributed by atoms with Crippen LogP contribution < -0.4 is 4.74 Å². The molecule has 0 N–H and O–H groups in total. The molecule has 1 saturated heterocycles. The molecule has 6 nitrogen and oxygen atoms in total. The SMILES string of the molecule is Cc1ccc2c(c1)c(C1CCN(S(=O)(=O)c3ccc(OC(C)C)cc3)C1)cn2CC=O. The molecule has 3 aromatic rings. The summed E-state index contributed by atoms with van der Waals surface area (Å²) in [5.74, 6) is 0.752. The minimum Gasteiger partial charge on any atom is -0.491 e. The molecule has 4 rings (SSSR count). The van der Waals surface area contributed by atoms with Crippen molar-refractivity contribution in [2.24, 2.45) is 0 Å². The Morgan fingerprint density at radius 1 is 1.16 bits per heavy atom. The number of aldehydes is 1. The van der Waals surface area contributed by atoms with Crippen molar-refractivity contribution in [3.8, 4) is 5.75 Å². The van der Waals surface area contributed by atoms with Crippen LogP contribution in [0.25, 0.3) is 10.9 Å². The summed E-state index contributed by atoms with van der Waals surface area (Å²) in [6.07, 6.45) is 3.69. The lowest BCUT2D eigenvalue weighted by molar-refractivity contribution is -0.108. The third-order valence-electron chi connectivity index (χ3n) is 5.76. The Labute approximate surface area is 183 Å². The van der Waals surface area contributed by atoms with Crippen LogP contribution in [-0.4, -0.2) is 42.8 Å². The van der Waals surface area contributed by atoms with Gasteiger partial charge in [0, 0.05) is 36.1 Å². The van der Waals surface area contributed by atoms with Crippen molar-refractivity contribution in [2.45, 2.75) is 50.7 Å². The highest BCUT2D eigenvalue weighted by atomic mass is 32.2. The summed E-state index contributed by atoms with van der Waals surface area (Å²) < 4.78 is 35.5. The summed E-state index contributed by atoms with van der Waals surface area (Å²) in [4.78, 5) is 11.4. The highest BCUT2D eigenvalue weighted by Crippen LogP contribution is 2.36. The van der Waals surface area contributed by atoms with Gasteiger partial charge in [-0.05, 0) is 69.2 Å². The fraction of sp³-hybridized carbons (Fsp3) is 0.375. The van der Waals surface area contributed by atoms with Gasteiger partial charge in [0.2, 0.25) is 10.0 Å². The van der Waals surface area contributed by atoms with E-state index in [1.54, 1.807) is 28.6 Å². The molecule has 2 aromatic carbocycles. The van der Waals surface area contributed by atoms with Crippen LogP contribution in [0.2, 0.25) is 0 Å². The normalized spacial score (nSPS) is 17.5. The van der Waals surface area contributed by atoms with Crippen molar-refractivity contribution in [1.82, 2.24) is 8.87 Å². The van der Waals surface area contributed by atoms with E-state index in [0.29, 0.717) is 25.4 Å². The lowest BCUT2D eigenvalue weighted by Gasteiger charge is -2.17. The smallest absolute Gasteiger partial charge is 0.243 e. The molecular weight excluding hydrogens is 412 g/mol. The van der Waals surface area contributed by atoms with Gasteiger partial charge in [-0.15, -0.1) is 0 Å². The van der Waals surface area contributed by atoms with E-state index in [9.17, 15) is 13.2 Å². The predicted octanol–water partition coefficient (Wildman–Crippen LogP) is 4.11. The van der Waals surface area contributed by atoms with Gasteiger partial charge >= 0.3 is 0 Å². The van der Waals surface area contributed by atoms with Gasteiger partial charge in [0.1, 0.15) is 12.0 Å². The largest absolute Gasteiger partial charge is 0.491 e. The van der Waals surface area contributed by atoms with E-state index in [0.717, 1.165) is 34.7 Å². The first-order chi connectivity index (χ1) is 14.8. The summed E-state index contributed by atoms with van der Waals surface area (Å²) in [6.45, 7) is 7.10. The molecule has 0 radical (unpaired) electrons. The average molecular weight is 441 g/mol. The molecule has 2 heterocycles. The maximum atomic E-state index is 13.2. The number of carbonyl (C=O) groups excluding carboxylic acids is 1. The third-order valence-corrected chi connectivity index (χ3v) is 7.64. The molecule has 0 amide bonds. The Kier molecular flexibility index (Phi) is 5.90. The van der Waals surface area contributed by atoms with Crippen molar-refractivity contribution in [3.63, 3.8) is 0 Å². The highest BCUT2D eigenvalue weighted by Gasteiger charge is 2.34. The van der Waals surface area contributed by atoms with Gasteiger partial charge < -0.3 is 14.1 Å². The van der Waals surface area contributed by atoms with Crippen molar-refractivity contribution in [1.29, 1.82) is 0 Å². The van der Waals surface area contributed by atoms with Crippen LogP contribution in [0.15, 0.2) is 53.6 Å². The first-order valence-corrected chi connectivity index (χ1v) is 12.0. The lowest BCUT2D eigenvalue weighted by Crippen LogP contribution is -2.28. The molecule has 0 bridgehead atoms. The summed E-state index contributed by atoms with van der Waals surface area (Å²) >= 11 is 0. The Morgan fingerprint density at radius 3 is 2.58 bits per heavy atom. The van der Waals surface area contributed by atoms with Gasteiger partial charge in [0.15, 0.2) is 0 Å². The van der Waals surface area contributed by atoms with Crippen LogP contribution in [0.5, 0.6) is 5.75 Å². The fourth-order valence-corrected chi connectivity index (χ4v) is 5.81. The Morgan fingerprint density at radius 2 is 1.90 bits per heavy atom. The first kappa shape index (κ1) is 21.6. The summed E-state index contributed by atoms with van der Waals surface area (Å²) in [7, 11) is -3.57. The zero-order valence-corrected chi connectivity index (χ0v) is 18.9. The molecule has 1 aromatic heterocycles. The van der Waals surface area contributed by atoms with Gasteiger partial charge in [-0.1, -0.05) is 11.6 Å². The second-order valence-electron chi connectivity index (χ2n) is 8.41. The van der Waals surface area contributed by atoms with Crippen LogP contribution in [0.1, 0.15) is 37.3 Å². The number of fused-ring (bicyclic) bond motifs is 1. The standard InChI is InChI=1S/C24H28N2O4S/c1-17(2)30-20-5-7-21(8-6-20)31(28,29)26-11-10-19(15-26)23-16-25(12-13-27)24-9-4-18(3)14-22(23)24/h4-9,13-14,16-17,19H,10-12,15H2,1-3H3. The average Bonchev–Trinajstić information content (AvgIpc) is 3.34. The van der Waals surface area contributed by atoms with Gasteiger partial charge in [0.25, 0.3) is 0 Å². The van der Waals surface area contributed by atoms with Crippen molar-refractivity contribution < 1.29 is 17.9 Å². The number of rotatable bonds is 7. The molecule has 1 fully saturated rings. The van der Waals surface area contributed by atoms with E-state index in [1.165, 1.54) is 0 Å². The molecule has 0 spiro atoms. The van der Waals surface area contributed by atoms with E-state index in [1.807, 2.05) is 43.7 Å². The van der Waals surface area contributed by atoms with Crippen LogP contribution in [0, 0.1) is 6.92 Å². The molecule has 1 atom stereocenters. The second kappa shape index (κ2) is 8.48. The topological polar surface area (TPSA) is 68.6 Å². The number of benzene rings is 2. The van der Waals surface area contributed by atoms with Crippen LogP contribution in [0.3, 0.4) is 0 Å². The van der Waals surface area contributed by atoms with Gasteiger partial charge in [-0.25, -0.2) is 8.42 Å². The molecule has 31 heavy (non-hydrogen) atoms. The Balaban J connectivity index is 1.59. The minimum absolute atomic E-state index is 0.0341. The van der Waals surface area contributed by atoms with Crippen LogP contribution >= 0.6 is 0 Å². The number of hydrogen-bond acceptors (Lipinski definition) is 4. The van der Waals surface area contributed by atoms with E-state index < -0.39 is 10.0 Å². The minimum atomic E-state index is -3.57. The van der Waals surface area contributed by atoms with Crippen molar-refractivity contribution in [2.75, 3.05) is 13.1 Å². The quantitative estimate of drug-likeness (QED) is 0.519. The highest BCUT2D eigenvalue weighted by molar-refractivity contribution is 7.89. The van der Waals surface area contributed by atoms with E-state index in [4.69, 9.17) is 4.74 Å². The number of aryl methyl sites for hydroxylation is 1. The molecule has 7 heteroatoms. The van der Waals surface area contributed by atoms with Gasteiger partial charge in [-0.3, -0.25) is 0 Å². The van der Waals surface area contributed by atoms with E-state index in [-0.39, 0.29) is 16.9 Å². The van der Waals surface area contributed by atoms with Gasteiger partial charge in [0.05, 0.1) is 17.5 Å². The second-order valence-corrected chi connectivity index (χ2v) is 10.3. The number of aromatic nitrogens is 1. The van der Waals surface area contributed by atoms with Crippen molar-refractivity contribution in [3.05, 3.63) is 59.8 Å². The summed E-state index contributed by atoms with van der Waals surface area (Å²) in [5, 5.41) is 1.10. The molecule has 1 aliphatic rings. The summed E-state index contributed by atoms with van der Waals surface area (Å²) in [5.41, 5.74) is 3.26. The fourth-order valence-electron chi connectivity index (χ4n) is 4.31. The van der Waals surface area contributed by atoms with Crippen LogP contribution in [-0.2, 0) is 21.4 Å². The van der Waals surface area contributed by atoms with E-state index in [2.05, 4.69) is 6.07 Å². The summed E-state index contributed by atoms with van der Waals surface area (Å²) in [6, 6.07) is 12.8. The maximum Gasteiger partial charge on any atom is 0.243 e. The Bertz CT molecular complexity index is 1200. The molecule has 1 aliphatic heterocycles. The number of ether oxygens (including phenoxy) is 1. The molecule has 0 saturated carbocycles. The molecule has 1 unspecified atom stereocenters. The zero-order chi connectivity index (χ0) is 22.2.